The first kappa shape index (κ1) is 14.3. The highest BCUT2D eigenvalue weighted by Crippen LogP contribution is 2.27. The Hall–Kier alpha value is -0.120. The molecule has 3 heteroatoms. The molecule has 0 aromatic rings. The molecule has 0 aliphatic carbocycles. The van der Waals surface area contributed by atoms with Gasteiger partial charge < -0.3 is 10.2 Å². The van der Waals surface area contributed by atoms with Gasteiger partial charge in [-0.2, -0.15) is 0 Å². The fourth-order valence-electron chi connectivity index (χ4n) is 3.88. The van der Waals surface area contributed by atoms with Crippen LogP contribution in [0.5, 0.6) is 0 Å². The van der Waals surface area contributed by atoms with E-state index in [9.17, 15) is 0 Å². The van der Waals surface area contributed by atoms with Gasteiger partial charge in [-0.25, -0.2) is 0 Å². The number of hydrogen-bond donors (Lipinski definition) is 1. The number of piperidine rings is 1. The molecule has 2 unspecified atom stereocenters. The molecule has 0 saturated carbocycles. The van der Waals surface area contributed by atoms with Crippen LogP contribution < -0.4 is 5.32 Å². The van der Waals surface area contributed by atoms with Crippen LogP contribution in [-0.4, -0.2) is 61.2 Å². The quantitative estimate of drug-likeness (QED) is 0.827. The number of hydrogen-bond acceptors (Lipinski definition) is 3. The first-order valence-corrected chi connectivity index (χ1v) is 7.78. The minimum atomic E-state index is 0.376. The number of likely N-dealkylation sites (tertiary alicyclic amines) is 1. The van der Waals surface area contributed by atoms with E-state index < -0.39 is 0 Å². The van der Waals surface area contributed by atoms with E-state index in [1.807, 2.05) is 0 Å². The Morgan fingerprint density at radius 3 is 2.56 bits per heavy atom. The summed E-state index contributed by atoms with van der Waals surface area (Å²) in [6.07, 6.45) is 3.85. The maximum absolute atomic E-state index is 3.77. The summed E-state index contributed by atoms with van der Waals surface area (Å²) in [4.78, 5) is 5.26. The van der Waals surface area contributed by atoms with Crippen LogP contribution in [0.15, 0.2) is 0 Å². The van der Waals surface area contributed by atoms with Crippen molar-refractivity contribution in [2.45, 2.75) is 51.6 Å². The van der Waals surface area contributed by atoms with Crippen LogP contribution >= 0.6 is 0 Å². The monoisotopic (exact) mass is 253 g/mol. The molecule has 0 aromatic heterocycles. The fraction of sp³-hybridized carbons (Fsp3) is 1.00. The molecule has 0 amide bonds. The number of nitrogens with one attached hydrogen (secondary N) is 1. The molecule has 106 valence electrons. The standard InChI is InChI=1S/C15H31N3/c1-5-15(6-2)12-18(10-8-16-15)14-7-9-17(4)11-13(14)3/h13-14,16H,5-12H2,1-4H3. The maximum atomic E-state index is 3.77. The Labute approximate surface area is 113 Å². The zero-order valence-corrected chi connectivity index (χ0v) is 12.7. The van der Waals surface area contributed by atoms with Crippen LogP contribution in [0.1, 0.15) is 40.0 Å². The van der Waals surface area contributed by atoms with Crippen LogP contribution in [0.25, 0.3) is 0 Å². The summed E-state index contributed by atoms with van der Waals surface area (Å²) < 4.78 is 0. The van der Waals surface area contributed by atoms with E-state index in [0.29, 0.717) is 5.54 Å². The molecule has 0 radical (unpaired) electrons. The van der Waals surface area contributed by atoms with E-state index >= 15 is 0 Å². The highest BCUT2D eigenvalue weighted by molar-refractivity contribution is 4.96. The topological polar surface area (TPSA) is 18.5 Å². The average molecular weight is 253 g/mol. The molecule has 1 N–H and O–H groups in total. The normalized spacial score (nSPS) is 34.7. The lowest BCUT2D eigenvalue weighted by atomic mass is 9.86. The van der Waals surface area contributed by atoms with Gasteiger partial charge in [0.15, 0.2) is 0 Å². The zero-order chi connectivity index (χ0) is 13.2. The Morgan fingerprint density at radius 2 is 1.94 bits per heavy atom. The van der Waals surface area contributed by atoms with Gasteiger partial charge in [-0.05, 0) is 38.8 Å². The lowest BCUT2D eigenvalue weighted by Crippen LogP contribution is -2.63. The smallest absolute Gasteiger partial charge is 0.0304 e. The molecule has 0 aromatic carbocycles. The van der Waals surface area contributed by atoms with Gasteiger partial charge in [0.05, 0.1) is 0 Å². The summed E-state index contributed by atoms with van der Waals surface area (Å²) in [6, 6.07) is 0.806. The van der Waals surface area contributed by atoms with Crippen molar-refractivity contribution in [1.29, 1.82) is 0 Å². The van der Waals surface area contributed by atoms with Crippen molar-refractivity contribution in [3.63, 3.8) is 0 Å². The third kappa shape index (κ3) is 2.89. The summed E-state index contributed by atoms with van der Waals surface area (Å²) in [5.41, 5.74) is 0.376. The van der Waals surface area contributed by atoms with E-state index in [0.717, 1.165) is 12.0 Å². The molecular formula is C15H31N3. The van der Waals surface area contributed by atoms with Crippen LogP contribution in [0.3, 0.4) is 0 Å². The van der Waals surface area contributed by atoms with Crippen molar-refractivity contribution in [2.24, 2.45) is 5.92 Å². The summed E-state index contributed by atoms with van der Waals surface area (Å²) in [5, 5.41) is 3.77. The van der Waals surface area contributed by atoms with E-state index in [2.05, 4.69) is 42.9 Å². The summed E-state index contributed by atoms with van der Waals surface area (Å²) in [7, 11) is 2.26. The van der Waals surface area contributed by atoms with Gasteiger partial charge in [-0.3, -0.25) is 4.90 Å². The van der Waals surface area contributed by atoms with Crippen molar-refractivity contribution >= 4 is 0 Å². The zero-order valence-electron chi connectivity index (χ0n) is 12.7. The van der Waals surface area contributed by atoms with Crippen molar-refractivity contribution in [3.8, 4) is 0 Å². The molecule has 0 bridgehead atoms. The van der Waals surface area contributed by atoms with Crippen molar-refractivity contribution in [3.05, 3.63) is 0 Å². The molecule has 2 aliphatic rings. The predicted molar refractivity (Wildman–Crippen MR) is 78.0 cm³/mol. The fourth-order valence-corrected chi connectivity index (χ4v) is 3.88. The molecule has 3 nitrogen and oxygen atoms in total. The molecule has 2 aliphatic heterocycles. The van der Waals surface area contributed by atoms with Gasteiger partial charge in [-0.1, -0.05) is 20.8 Å². The minimum absolute atomic E-state index is 0.376. The lowest BCUT2D eigenvalue weighted by molar-refractivity contribution is 0.0273. The minimum Gasteiger partial charge on any atom is -0.309 e. The van der Waals surface area contributed by atoms with Crippen LogP contribution in [0.2, 0.25) is 0 Å². The van der Waals surface area contributed by atoms with Crippen molar-refractivity contribution in [1.82, 2.24) is 15.1 Å². The maximum Gasteiger partial charge on any atom is 0.0304 e. The predicted octanol–water partition coefficient (Wildman–Crippen LogP) is 1.79. The van der Waals surface area contributed by atoms with Gasteiger partial charge in [0, 0.05) is 37.8 Å². The highest BCUT2D eigenvalue weighted by Gasteiger charge is 2.37. The largest absolute Gasteiger partial charge is 0.309 e. The second-order valence-electron chi connectivity index (χ2n) is 6.48. The summed E-state index contributed by atoms with van der Waals surface area (Å²) >= 11 is 0. The van der Waals surface area contributed by atoms with Gasteiger partial charge in [-0.15, -0.1) is 0 Å². The van der Waals surface area contributed by atoms with Gasteiger partial charge in [0.2, 0.25) is 0 Å². The van der Waals surface area contributed by atoms with Gasteiger partial charge in [0.25, 0.3) is 0 Å². The second kappa shape index (κ2) is 5.89. The lowest BCUT2D eigenvalue weighted by Gasteiger charge is -2.49. The molecule has 2 atom stereocenters. The molecule has 2 rings (SSSR count). The summed E-state index contributed by atoms with van der Waals surface area (Å²) in [5.74, 6) is 0.813. The van der Waals surface area contributed by atoms with Gasteiger partial charge in [0.1, 0.15) is 0 Å². The Kier molecular flexibility index (Phi) is 4.68. The van der Waals surface area contributed by atoms with Crippen LogP contribution in [0, 0.1) is 5.92 Å². The third-order valence-electron chi connectivity index (χ3n) is 5.29. The molecule has 2 heterocycles. The Morgan fingerprint density at radius 1 is 1.22 bits per heavy atom. The average Bonchev–Trinajstić information content (AvgIpc) is 2.38. The third-order valence-corrected chi connectivity index (χ3v) is 5.29. The molecule has 18 heavy (non-hydrogen) atoms. The van der Waals surface area contributed by atoms with Crippen LogP contribution in [0.4, 0.5) is 0 Å². The van der Waals surface area contributed by atoms with E-state index in [1.54, 1.807) is 0 Å². The molecule has 2 saturated heterocycles. The van der Waals surface area contributed by atoms with E-state index in [1.165, 1.54) is 52.0 Å². The first-order valence-electron chi connectivity index (χ1n) is 7.78. The molecule has 0 spiro atoms. The number of piperazine rings is 1. The SMILES string of the molecule is CCC1(CC)CN(C2CCN(C)CC2C)CCN1. The van der Waals surface area contributed by atoms with Crippen molar-refractivity contribution in [2.75, 3.05) is 39.8 Å². The number of rotatable bonds is 3. The molecule has 2 fully saturated rings. The van der Waals surface area contributed by atoms with Crippen molar-refractivity contribution < 1.29 is 0 Å². The van der Waals surface area contributed by atoms with Crippen LogP contribution in [-0.2, 0) is 0 Å². The van der Waals surface area contributed by atoms with E-state index in [-0.39, 0.29) is 0 Å². The Bertz CT molecular complexity index is 262. The van der Waals surface area contributed by atoms with E-state index in [4.69, 9.17) is 0 Å². The van der Waals surface area contributed by atoms with Gasteiger partial charge >= 0.3 is 0 Å². The Balaban J connectivity index is 2.00. The second-order valence-corrected chi connectivity index (χ2v) is 6.48. The highest BCUT2D eigenvalue weighted by atomic mass is 15.3. The summed E-state index contributed by atoms with van der Waals surface area (Å²) in [6.45, 7) is 13.3. The number of nitrogens with zero attached hydrogens (tertiary/aromatic N) is 2. The molecular weight excluding hydrogens is 222 g/mol. The first-order chi connectivity index (χ1) is 8.60.